The Morgan fingerprint density at radius 1 is 1.50 bits per heavy atom. The number of hydrogen-bond donors (Lipinski definition) is 1. The second kappa shape index (κ2) is 2.81. The minimum atomic E-state index is 0.873. The Morgan fingerprint density at radius 2 is 2.42 bits per heavy atom. The third-order valence-electron chi connectivity index (χ3n) is 1.67. The van der Waals surface area contributed by atoms with Gasteiger partial charge < -0.3 is 5.32 Å². The maximum absolute atomic E-state index is 4.20. The minimum Gasteiger partial charge on any atom is -0.369 e. The molecule has 0 aliphatic carbocycles. The molecule has 1 N–H and O–H groups in total. The quantitative estimate of drug-likeness (QED) is 0.720. The van der Waals surface area contributed by atoms with Gasteiger partial charge in [0.2, 0.25) is 0 Å². The molecule has 0 aromatic carbocycles. The number of hydrogen-bond acceptors (Lipinski definition) is 3. The SMILES string of the molecule is CCNc1nccn2nccc12. The molecule has 0 unspecified atom stereocenters. The van der Waals surface area contributed by atoms with E-state index in [1.807, 2.05) is 19.2 Å². The van der Waals surface area contributed by atoms with Gasteiger partial charge in [0.05, 0.1) is 6.20 Å². The molecule has 2 aromatic heterocycles. The summed E-state index contributed by atoms with van der Waals surface area (Å²) in [4.78, 5) is 4.20. The van der Waals surface area contributed by atoms with E-state index in [1.165, 1.54) is 0 Å². The molecule has 62 valence electrons. The highest BCUT2D eigenvalue weighted by Crippen LogP contribution is 2.11. The zero-order chi connectivity index (χ0) is 8.39. The predicted molar refractivity (Wildman–Crippen MR) is 47.2 cm³/mol. The van der Waals surface area contributed by atoms with Crippen molar-refractivity contribution in [3.63, 3.8) is 0 Å². The van der Waals surface area contributed by atoms with Crippen molar-refractivity contribution in [1.82, 2.24) is 14.6 Å². The summed E-state index contributed by atoms with van der Waals surface area (Å²) in [6.45, 7) is 2.92. The van der Waals surface area contributed by atoms with E-state index in [4.69, 9.17) is 0 Å². The second-order valence-corrected chi connectivity index (χ2v) is 2.47. The van der Waals surface area contributed by atoms with Crippen LogP contribution in [0, 0.1) is 0 Å². The molecule has 0 amide bonds. The van der Waals surface area contributed by atoms with Gasteiger partial charge in [0.1, 0.15) is 5.52 Å². The van der Waals surface area contributed by atoms with Crippen LogP contribution in [0.5, 0.6) is 0 Å². The third-order valence-corrected chi connectivity index (χ3v) is 1.67. The molecule has 0 aliphatic heterocycles. The first-order valence-corrected chi connectivity index (χ1v) is 3.94. The highest BCUT2D eigenvalue weighted by molar-refractivity contribution is 5.66. The molecule has 2 rings (SSSR count). The van der Waals surface area contributed by atoms with Crippen LogP contribution in [-0.4, -0.2) is 21.1 Å². The summed E-state index contributed by atoms with van der Waals surface area (Å²) in [7, 11) is 0. The second-order valence-electron chi connectivity index (χ2n) is 2.47. The van der Waals surface area contributed by atoms with Crippen LogP contribution < -0.4 is 5.32 Å². The smallest absolute Gasteiger partial charge is 0.152 e. The molecule has 4 nitrogen and oxygen atoms in total. The Labute approximate surface area is 70.2 Å². The van der Waals surface area contributed by atoms with Gasteiger partial charge >= 0.3 is 0 Å². The minimum absolute atomic E-state index is 0.873. The first-order valence-electron chi connectivity index (χ1n) is 3.94. The average Bonchev–Trinajstić information content (AvgIpc) is 2.53. The third kappa shape index (κ3) is 1.01. The number of fused-ring (bicyclic) bond motifs is 1. The Morgan fingerprint density at radius 3 is 3.25 bits per heavy atom. The average molecular weight is 162 g/mol. The predicted octanol–water partition coefficient (Wildman–Crippen LogP) is 1.16. The summed E-state index contributed by atoms with van der Waals surface area (Å²) in [6, 6.07) is 1.94. The lowest BCUT2D eigenvalue weighted by Crippen LogP contribution is -2.01. The molecule has 0 fully saturated rings. The highest BCUT2D eigenvalue weighted by atomic mass is 15.2. The summed E-state index contributed by atoms with van der Waals surface area (Å²) in [5.74, 6) is 0.887. The molecule has 4 heteroatoms. The Kier molecular flexibility index (Phi) is 1.66. The van der Waals surface area contributed by atoms with E-state index in [0.29, 0.717) is 0 Å². The van der Waals surface area contributed by atoms with Crippen LogP contribution in [0.3, 0.4) is 0 Å². The molecule has 0 saturated carbocycles. The monoisotopic (exact) mass is 162 g/mol. The van der Waals surface area contributed by atoms with E-state index in [9.17, 15) is 0 Å². The Hall–Kier alpha value is -1.58. The number of nitrogens with zero attached hydrogens (tertiary/aromatic N) is 3. The molecule has 12 heavy (non-hydrogen) atoms. The van der Waals surface area contributed by atoms with Gasteiger partial charge in [-0.15, -0.1) is 0 Å². The van der Waals surface area contributed by atoms with E-state index >= 15 is 0 Å². The van der Waals surface area contributed by atoms with Gasteiger partial charge in [-0.25, -0.2) is 9.50 Å². The van der Waals surface area contributed by atoms with Gasteiger partial charge in [0, 0.05) is 18.9 Å². The Bertz CT molecular complexity index is 379. The van der Waals surface area contributed by atoms with Gasteiger partial charge in [-0.3, -0.25) is 0 Å². The van der Waals surface area contributed by atoms with Gasteiger partial charge in [0.25, 0.3) is 0 Å². The zero-order valence-corrected chi connectivity index (χ0v) is 6.86. The summed E-state index contributed by atoms with van der Waals surface area (Å²) < 4.78 is 1.80. The number of aromatic nitrogens is 3. The summed E-state index contributed by atoms with van der Waals surface area (Å²) in [6.07, 6.45) is 5.33. The van der Waals surface area contributed by atoms with Crippen molar-refractivity contribution in [3.05, 3.63) is 24.7 Å². The molecule has 2 aromatic rings. The fourth-order valence-corrected chi connectivity index (χ4v) is 1.16. The molecule has 0 atom stereocenters. The van der Waals surface area contributed by atoms with E-state index in [2.05, 4.69) is 15.4 Å². The van der Waals surface area contributed by atoms with Crippen molar-refractivity contribution >= 4 is 11.3 Å². The maximum Gasteiger partial charge on any atom is 0.152 e. The van der Waals surface area contributed by atoms with Crippen LogP contribution in [0.1, 0.15) is 6.92 Å². The summed E-state index contributed by atoms with van der Waals surface area (Å²) in [5.41, 5.74) is 1.01. The molecule has 0 saturated heterocycles. The van der Waals surface area contributed by atoms with Crippen LogP contribution in [0.25, 0.3) is 5.52 Å². The molecule has 2 heterocycles. The van der Waals surface area contributed by atoms with Crippen LogP contribution in [0.2, 0.25) is 0 Å². The Balaban J connectivity index is 2.57. The summed E-state index contributed by atoms with van der Waals surface area (Å²) >= 11 is 0. The molecular weight excluding hydrogens is 152 g/mol. The maximum atomic E-state index is 4.20. The first-order chi connectivity index (χ1) is 5.92. The van der Waals surface area contributed by atoms with Crippen LogP contribution in [0.4, 0.5) is 5.82 Å². The molecule has 0 radical (unpaired) electrons. The number of anilines is 1. The molecule has 0 spiro atoms. The normalized spacial score (nSPS) is 10.4. The van der Waals surface area contributed by atoms with E-state index < -0.39 is 0 Å². The van der Waals surface area contributed by atoms with Gasteiger partial charge in [-0.2, -0.15) is 5.10 Å². The van der Waals surface area contributed by atoms with E-state index in [0.717, 1.165) is 17.9 Å². The lowest BCUT2D eigenvalue weighted by Gasteiger charge is -2.02. The van der Waals surface area contributed by atoms with Gasteiger partial charge in [-0.1, -0.05) is 0 Å². The topological polar surface area (TPSA) is 42.2 Å². The standard InChI is InChI=1S/C8H10N4/c1-2-9-8-7-3-4-11-12(7)6-5-10-8/h3-6H,2H2,1H3,(H,9,10). The van der Waals surface area contributed by atoms with E-state index in [1.54, 1.807) is 16.9 Å². The fourth-order valence-electron chi connectivity index (χ4n) is 1.16. The van der Waals surface area contributed by atoms with Crippen molar-refractivity contribution in [2.75, 3.05) is 11.9 Å². The van der Waals surface area contributed by atoms with Crippen molar-refractivity contribution < 1.29 is 0 Å². The van der Waals surface area contributed by atoms with Crippen molar-refractivity contribution in [1.29, 1.82) is 0 Å². The number of nitrogens with one attached hydrogen (secondary N) is 1. The first kappa shape index (κ1) is 7.09. The van der Waals surface area contributed by atoms with Gasteiger partial charge in [0.15, 0.2) is 5.82 Å². The van der Waals surface area contributed by atoms with Crippen molar-refractivity contribution in [3.8, 4) is 0 Å². The number of rotatable bonds is 2. The van der Waals surface area contributed by atoms with Crippen LogP contribution in [0.15, 0.2) is 24.7 Å². The molecule has 0 bridgehead atoms. The zero-order valence-electron chi connectivity index (χ0n) is 6.86. The van der Waals surface area contributed by atoms with Gasteiger partial charge in [-0.05, 0) is 13.0 Å². The highest BCUT2D eigenvalue weighted by Gasteiger charge is 1.99. The van der Waals surface area contributed by atoms with E-state index in [-0.39, 0.29) is 0 Å². The molecule has 0 aliphatic rings. The summed E-state index contributed by atoms with van der Waals surface area (Å²) in [5, 5.41) is 7.26. The largest absolute Gasteiger partial charge is 0.369 e. The lowest BCUT2D eigenvalue weighted by molar-refractivity contribution is 0.944. The fraction of sp³-hybridized carbons (Fsp3) is 0.250. The molecular formula is C8H10N4. The lowest BCUT2D eigenvalue weighted by atomic mass is 10.4. The van der Waals surface area contributed by atoms with Crippen LogP contribution in [-0.2, 0) is 0 Å². The van der Waals surface area contributed by atoms with Crippen molar-refractivity contribution in [2.45, 2.75) is 6.92 Å². The van der Waals surface area contributed by atoms with Crippen molar-refractivity contribution in [2.24, 2.45) is 0 Å². The van der Waals surface area contributed by atoms with Crippen LogP contribution >= 0.6 is 0 Å².